The van der Waals surface area contributed by atoms with Gasteiger partial charge in [0.25, 0.3) is 0 Å². The van der Waals surface area contributed by atoms with Gasteiger partial charge in [-0.15, -0.1) is 69.8 Å². The van der Waals surface area contributed by atoms with Gasteiger partial charge in [-0.1, -0.05) is 123 Å². The molecule has 2 fully saturated rings. The van der Waals surface area contributed by atoms with E-state index in [2.05, 4.69) is 110 Å². The van der Waals surface area contributed by atoms with Crippen molar-refractivity contribution in [2.75, 3.05) is 6.67 Å². The average Bonchev–Trinajstić information content (AvgIpc) is 3.32. The number of aliphatic hydroxyl groups excluding tert-OH is 1. The van der Waals surface area contributed by atoms with Gasteiger partial charge in [-0.2, -0.15) is 0 Å². The van der Waals surface area contributed by atoms with Crippen molar-refractivity contribution in [3.63, 3.8) is 0 Å². The molecule has 0 saturated heterocycles. The Morgan fingerprint density at radius 2 is 1.20 bits per heavy atom. The normalized spacial score (nSPS) is 15.6. The van der Waals surface area contributed by atoms with E-state index in [0.717, 1.165) is 63.2 Å². The maximum absolute atomic E-state index is 12.2. The van der Waals surface area contributed by atoms with Gasteiger partial charge in [0, 0.05) is 50.4 Å². The zero-order valence-electron chi connectivity index (χ0n) is 41.9. The molecule has 2 aliphatic carbocycles. The minimum Gasteiger partial charge on any atom is -0.512 e. The van der Waals surface area contributed by atoms with E-state index in [1.807, 2.05) is 33.9 Å². The molecule has 4 nitrogen and oxygen atoms in total. The fourth-order valence-corrected chi connectivity index (χ4v) is 9.88. The summed E-state index contributed by atoms with van der Waals surface area (Å²) in [5.41, 5.74) is 11.3. The predicted octanol–water partition coefficient (Wildman–Crippen LogP) is 16.5. The van der Waals surface area contributed by atoms with Crippen molar-refractivity contribution < 1.29 is 37.1 Å². The SMILES string of the molecule is CCC(CC)C(=O)/C=C(\O)C(CC)CCF.Cc1[c-]c(-c2nccc3cc(C4CCCCC4)ccc23)cc(C)c1.[2H]c1nc(-c2[c-]c(C)cc(C)c2)c2ccc(C3CCCCC3)cc2c1[2H].[Ir]. The van der Waals surface area contributed by atoms with Gasteiger partial charge < -0.3 is 15.1 Å². The van der Waals surface area contributed by atoms with Gasteiger partial charge in [0.2, 0.25) is 0 Å². The van der Waals surface area contributed by atoms with Crippen molar-refractivity contribution in [1.29, 1.82) is 0 Å². The fraction of sp³-hybridized carbons (Fsp3) is 0.441. The number of hydrogen-bond acceptors (Lipinski definition) is 4. The van der Waals surface area contributed by atoms with Crippen LogP contribution in [0.25, 0.3) is 44.1 Å². The molecule has 1 radical (unpaired) electrons. The molecule has 1 atom stereocenters. The Hall–Kier alpha value is -4.51. The molecular weight excluding hydrogens is 980 g/mol. The van der Waals surface area contributed by atoms with E-state index in [1.54, 1.807) is 0 Å². The van der Waals surface area contributed by atoms with Crippen LogP contribution >= 0.6 is 0 Å². The molecule has 8 rings (SSSR count). The van der Waals surface area contributed by atoms with Gasteiger partial charge in [0.05, 0.1) is 15.2 Å². The molecule has 2 saturated carbocycles. The number of aromatic nitrogens is 2. The molecule has 0 amide bonds. The average molecular weight is 1050 g/mol. The molecule has 0 spiro atoms. The number of alkyl halides is 1. The summed E-state index contributed by atoms with van der Waals surface area (Å²) in [5, 5.41) is 14.1. The summed E-state index contributed by atoms with van der Waals surface area (Å²) < 4.78 is 28.8. The van der Waals surface area contributed by atoms with Crippen LogP contribution in [0.3, 0.4) is 0 Å². The van der Waals surface area contributed by atoms with E-state index in [4.69, 9.17) is 2.74 Å². The summed E-state index contributed by atoms with van der Waals surface area (Å²) in [6.45, 7) is 13.7. The van der Waals surface area contributed by atoms with Crippen molar-refractivity contribution in [2.45, 2.75) is 150 Å². The molecule has 2 aliphatic rings. The van der Waals surface area contributed by atoms with Crippen LogP contribution in [0.2, 0.25) is 0 Å². The Morgan fingerprint density at radius 1 is 0.708 bits per heavy atom. The maximum atomic E-state index is 12.2. The Bertz CT molecular complexity index is 2570. The van der Waals surface area contributed by atoms with Gasteiger partial charge in [-0.25, -0.2) is 0 Å². The predicted molar refractivity (Wildman–Crippen MR) is 267 cm³/mol. The molecule has 6 aromatic rings. The summed E-state index contributed by atoms with van der Waals surface area (Å²) in [7, 11) is 0. The number of carbonyl (C=O) groups is 1. The van der Waals surface area contributed by atoms with E-state index in [1.165, 1.54) is 103 Å². The Morgan fingerprint density at radius 3 is 1.69 bits per heavy atom. The molecule has 1 unspecified atom stereocenters. The summed E-state index contributed by atoms with van der Waals surface area (Å²) in [5.74, 6) is 1.09. The quantitative estimate of drug-likeness (QED) is 0.0754. The van der Waals surface area contributed by atoms with Crippen LogP contribution in [0.4, 0.5) is 4.39 Å². The number of carbonyl (C=O) groups excluding carboxylic acids is 1. The molecule has 65 heavy (non-hydrogen) atoms. The first kappa shape index (κ1) is 48.4. The molecule has 347 valence electrons. The fourth-order valence-electron chi connectivity index (χ4n) is 9.88. The number of halogens is 1. The summed E-state index contributed by atoms with van der Waals surface area (Å²) >= 11 is 0. The third-order valence-corrected chi connectivity index (χ3v) is 13.5. The van der Waals surface area contributed by atoms with Crippen LogP contribution in [0.5, 0.6) is 0 Å². The van der Waals surface area contributed by atoms with E-state index < -0.39 is 6.67 Å². The Kier molecular flexibility index (Phi) is 18.9. The van der Waals surface area contributed by atoms with Crippen LogP contribution < -0.4 is 0 Å². The van der Waals surface area contributed by atoms with E-state index in [9.17, 15) is 14.3 Å². The summed E-state index contributed by atoms with van der Waals surface area (Å²) in [6.07, 6.45) is 19.0. The summed E-state index contributed by atoms with van der Waals surface area (Å²) in [4.78, 5) is 20.8. The smallest absolute Gasteiger partial charge is 0.162 e. The largest absolute Gasteiger partial charge is 0.512 e. The first-order valence-corrected chi connectivity index (χ1v) is 24.2. The van der Waals surface area contributed by atoms with Crippen LogP contribution in [0.15, 0.2) is 97.0 Å². The van der Waals surface area contributed by atoms with E-state index >= 15 is 0 Å². The van der Waals surface area contributed by atoms with Crippen LogP contribution in [-0.2, 0) is 24.9 Å². The molecule has 2 aromatic heterocycles. The molecule has 2 heterocycles. The maximum Gasteiger partial charge on any atom is 0.162 e. The zero-order chi connectivity index (χ0) is 47.3. The van der Waals surface area contributed by atoms with Crippen molar-refractivity contribution >= 4 is 27.3 Å². The topological polar surface area (TPSA) is 63.1 Å². The number of hydrogen-bond donors (Lipinski definition) is 1. The van der Waals surface area contributed by atoms with Crippen LogP contribution in [-0.4, -0.2) is 27.5 Å². The minimum atomic E-state index is -0.463. The Balaban J connectivity index is 0.000000193. The van der Waals surface area contributed by atoms with Gasteiger partial charge >= 0.3 is 0 Å². The number of aryl methyl sites for hydroxylation is 4. The van der Waals surface area contributed by atoms with Gasteiger partial charge in [0.1, 0.15) is 0 Å². The molecule has 0 bridgehead atoms. The third kappa shape index (κ3) is 14.0. The first-order chi connectivity index (χ1) is 31.8. The second-order valence-electron chi connectivity index (χ2n) is 18.4. The van der Waals surface area contributed by atoms with Gasteiger partial charge in [-0.05, 0) is 119 Å². The monoisotopic (exact) mass is 1050 g/mol. The van der Waals surface area contributed by atoms with E-state index in [-0.39, 0.29) is 62.1 Å². The van der Waals surface area contributed by atoms with Gasteiger partial charge in [0.15, 0.2) is 5.78 Å². The standard InChI is InChI=1S/2C23H24N.C13H23FO2.Ir/c2*1-16-12-17(2)14-21(13-16)23-22-9-8-19(15-20(22)10-11-24-23)18-6-4-3-5-7-18;1-4-10(5-2)12(15)9-13(16)11(6-3)7-8-14;/h2*8-13,15,18H,3-7H2,1-2H3;9-11,16H,4-8H2,1-3H3;/q2*-1;;/b;;13-9-;/i10D,11D;;;. The summed E-state index contributed by atoms with van der Waals surface area (Å²) in [6, 6.07) is 31.1. The number of nitrogens with zero attached hydrogens (tertiary/aromatic N) is 2. The van der Waals surface area contributed by atoms with Crippen LogP contribution in [0.1, 0.15) is 159 Å². The van der Waals surface area contributed by atoms with Crippen molar-refractivity contribution in [3.8, 4) is 22.5 Å². The number of rotatable bonds is 12. The third-order valence-electron chi connectivity index (χ3n) is 13.5. The first-order valence-electron chi connectivity index (χ1n) is 25.2. The zero-order valence-corrected chi connectivity index (χ0v) is 42.3. The molecular formula is C59H71FIrN2O2-2. The molecule has 0 aliphatic heterocycles. The molecule has 1 N–H and O–H groups in total. The van der Waals surface area contributed by atoms with Crippen molar-refractivity contribution in [1.82, 2.24) is 9.97 Å². The number of pyridine rings is 2. The number of benzene rings is 4. The van der Waals surface area contributed by atoms with Crippen molar-refractivity contribution in [2.24, 2.45) is 11.8 Å². The second-order valence-corrected chi connectivity index (χ2v) is 18.4. The Labute approximate surface area is 406 Å². The number of aliphatic hydroxyl groups is 1. The number of fused-ring (bicyclic) bond motifs is 2. The number of allylic oxidation sites excluding steroid dienone is 2. The second kappa shape index (κ2) is 25.4. The minimum absolute atomic E-state index is 0. The van der Waals surface area contributed by atoms with Crippen molar-refractivity contribution in [3.05, 3.63) is 142 Å². The molecule has 6 heteroatoms. The van der Waals surface area contributed by atoms with Gasteiger partial charge in [-0.3, -0.25) is 9.18 Å². The molecule has 4 aromatic carbocycles. The van der Waals surface area contributed by atoms with E-state index in [0.29, 0.717) is 12.3 Å². The number of ketones is 1. The van der Waals surface area contributed by atoms with Crippen LogP contribution in [0, 0.1) is 51.7 Å².